The van der Waals surface area contributed by atoms with E-state index in [9.17, 15) is 14.0 Å². The molecule has 0 aliphatic heterocycles. The van der Waals surface area contributed by atoms with E-state index < -0.39 is 12.0 Å². The Morgan fingerprint density at radius 1 is 1.05 bits per heavy atom. The third-order valence-electron chi connectivity index (χ3n) is 3.11. The van der Waals surface area contributed by atoms with Crippen LogP contribution in [-0.4, -0.2) is 17.0 Å². The number of hydrogen-bond donors (Lipinski definition) is 2. The Labute approximate surface area is 121 Å². The molecular formula is C16H14FNO3. The SMILES string of the molecule is CC(NC(=O)c1ccc(C(=O)O)cc1)c1ccccc1F. The Morgan fingerprint density at radius 2 is 1.62 bits per heavy atom. The van der Waals surface area contributed by atoms with Gasteiger partial charge in [-0.2, -0.15) is 0 Å². The van der Waals surface area contributed by atoms with Crippen molar-refractivity contribution in [2.45, 2.75) is 13.0 Å². The average molecular weight is 287 g/mol. The third kappa shape index (κ3) is 3.45. The van der Waals surface area contributed by atoms with E-state index in [-0.39, 0.29) is 17.3 Å². The number of carbonyl (C=O) groups excluding carboxylic acids is 1. The van der Waals surface area contributed by atoms with Crippen LogP contribution in [0.5, 0.6) is 0 Å². The second kappa shape index (κ2) is 6.17. The summed E-state index contributed by atoms with van der Waals surface area (Å²) in [5, 5.41) is 11.5. The maximum atomic E-state index is 13.6. The Morgan fingerprint density at radius 3 is 2.19 bits per heavy atom. The van der Waals surface area contributed by atoms with Crippen LogP contribution in [-0.2, 0) is 0 Å². The van der Waals surface area contributed by atoms with E-state index >= 15 is 0 Å². The molecule has 2 aromatic rings. The molecule has 0 spiro atoms. The lowest BCUT2D eigenvalue weighted by Gasteiger charge is -2.15. The van der Waals surface area contributed by atoms with Crippen molar-refractivity contribution < 1.29 is 19.1 Å². The number of nitrogens with one attached hydrogen (secondary N) is 1. The summed E-state index contributed by atoms with van der Waals surface area (Å²) >= 11 is 0. The van der Waals surface area contributed by atoms with E-state index in [1.807, 2.05) is 0 Å². The smallest absolute Gasteiger partial charge is 0.335 e. The number of carboxylic acid groups (broad SMARTS) is 1. The first-order valence-electron chi connectivity index (χ1n) is 6.37. The normalized spacial score (nSPS) is 11.7. The summed E-state index contributed by atoms with van der Waals surface area (Å²) in [5.41, 5.74) is 0.824. The highest BCUT2D eigenvalue weighted by Crippen LogP contribution is 2.16. The van der Waals surface area contributed by atoms with Gasteiger partial charge in [0.15, 0.2) is 0 Å². The first-order chi connectivity index (χ1) is 9.99. The average Bonchev–Trinajstić information content (AvgIpc) is 2.47. The molecule has 0 heterocycles. The molecule has 0 fully saturated rings. The molecule has 5 heteroatoms. The summed E-state index contributed by atoms with van der Waals surface area (Å²) in [6.07, 6.45) is 0. The number of aromatic carboxylic acids is 1. The van der Waals surface area contributed by atoms with Gasteiger partial charge in [0, 0.05) is 11.1 Å². The molecule has 2 aromatic carbocycles. The fourth-order valence-electron chi connectivity index (χ4n) is 1.95. The highest BCUT2D eigenvalue weighted by atomic mass is 19.1. The molecule has 2 rings (SSSR count). The summed E-state index contributed by atoms with van der Waals surface area (Å²) in [4.78, 5) is 22.8. The Balaban J connectivity index is 2.11. The van der Waals surface area contributed by atoms with Gasteiger partial charge in [0.05, 0.1) is 11.6 Å². The Hall–Kier alpha value is -2.69. The lowest BCUT2D eigenvalue weighted by Crippen LogP contribution is -2.27. The van der Waals surface area contributed by atoms with Gasteiger partial charge >= 0.3 is 5.97 Å². The maximum Gasteiger partial charge on any atom is 0.335 e. The topological polar surface area (TPSA) is 66.4 Å². The van der Waals surface area contributed by atoms with Gasteiger partial charge < -0.3 is 10.4 Å². The van der Waals surface area contributed by atoms with Crippen LogP contribution < -0.4 is 5.32 Å². The van der Waals surface area contributed by atoms with E-state index in [4.69, 9.17) is 5.11 Å². The van der Waals surface area contributed by atoms with Crippen LogP contribution in [0.15, 0.2) is 48.5 Å². The highest BCUT2D eigenvalue weighted by molar-refractivity contribution is 5.96. The van der Waals surface area contributed by atoms with Gasteiger partial charge in [-0.05, 0) is 37.3 Å². The summed E-state index contributed by atoms with van der Waals surface area (Å²) in [6.45, 7) is 1.68. The lowest BCUT2D eigenvalue weighted by atomic mass is 10.1. The van der Waals surface area contributed by atoms with Crippen molar-refractivity contribution in [3.63, 3.8) is 0 Å². The molecule has 4 nitrogen and oxygen atoms in total. The van der Waals surface area contributed by atoms with Crippen LogP contribution in [0.2, 0.25) is 0 Å². The predicted molar refractivity (Wildman–Crippen MR) is 75.7 cm³/mol. The zero-order valence-electron chi connectivity index (χ0n) is 11.3. The van der Waals surface area contributed by atoms with Crippen LogP contribution in [0.25, 0.3) is 0 Å². The van der Waals surface area contributed by atoms with Gasteiger partial charge in [-0.3, -0.25) is 4.79 Å². The van der Waals surface area contributed by atoms with Crippen molar-refractivity contribution in [2.75, 3.05) is 0 Å². The molecule has 0 aliphatic carbocycles. The quantitative estimate of drug-likeness (QED) is 0.908. The van der Waals surface area contributed by atoms with Crippen LogP contribution in [0, 0.1) is 5.82 Å². The monoisotopic (exact) mass is 287 g/mol. The van der Waals surface area contributed by atoms with E-state index in [2.05, 4.69) is 5.32 Å². The molecule has 0 saturated heterocycles. The number of hydrogen-bond acceptors (Lipinski definition) is 2. The summed E-state index contributed by atoms with van der Waals surface area (Å²) in [5.74, 6) is -1.82. The minimum absolute atomic E-state index is 0.105. The highest BCUT2D eigenvalue weighted by Gasteiger charge is 2.14. The molecule has 2 N–H and O–H groups in total. The largest absolute Gasteiger partial charge is 0.478 e. The van der Waals surface area contributed by atoms with Gasteiger partial charge in [-0.1, -0.05) is 18.2 Å². The van der Waals surface area contributed by atoms with Gasteiger partial charge in [0.25, 0.3) is 5.91 Å². The fraction of sp³-hybridized carbons (Fsp3) is 0.125. The van der Waals surface area contributed by atoms with Crippen molar-refractivity contribution in [1.29, 1.82) is 0 Å². The van der Waals surface area contributed by atoms with Gasteiger partial charge in [-0.15, -0.1) is 0 Å². The first-order valence-corrected chi connectivity index (χ1v) is 6.37. The Kier molecular flexibility index (Phi) is 4.33. The number of amides is 1. The van der Waals surface area contributed by atoms with E-state index in [1.165, 1.54) is 30.3 Å². The first kappa shape index (κ1) is 14.7. The third-order valence-corrected chi connectivity index (χ3v) is 3.11. The van der Waals surface area contributed by atoms with E-state index in [0.717, 1.165) is 0 Å². The van der Waals surface area contributed by atoms with Crippen molar-refractivity contribution >= 4 is 11.9 Å². The second-order valence-corrected chi connectivity index (χ2v) is 4.60. The van der Waals surface area contributed by atoms with Gasteiger partial charge in [0.2, 0.25) is 0 Å². The Bertz CT molecular complexity index is 667. The molecule has 1 amide bonds. The van der Waals surface area contributed by atoms with Crippen LogP contribution in [0.4, 0.5) is 4.39 Å². The predicted octanol–water partition coefficient (Wildman–Crippen LogP) is 3.01. The molecule has 0 bridgehead atoms. The van der Waals surface area contributed by atoms with Crippen molar-refractivity contribution in [3.8, 4) is 0 Å². The van der Waals surface area contributed by atoms with Crippen molar-refractivity contribution in [3.05, 3.63) is 71.0 Å². The second-order valence-electron chi connectivity index (χ2n) is 4.60. The molecule has 0 aromatic heterocycles. The zero-order valence-corrected chi connectivity index (χ0v) is 11.3. The molecule has 0 saturated carbocycles. The summed E-state index contributed by atoms with van der Waals surface area (Å²) in [6, 6.07) is 11.3. The number of carboxylic acids is 1. The number of benzene rings is 2. The summed E-state index contributed by atoms with van der Waals surface area (Å²) < 4.78 is 13.6. The molecule has 1 unspecified atom stereocenters. The molecular weight excluding hydrogens is 273 g/mol. The van der Waals surface area contributed by atoms with E-state index in [0.29, 0.717) is 11.1 Å². The van der Waals surface area contributed by atoms with Crippen LogP contribution in [0.3, 0.4) is 0 Å². The van der Waals surface area contributed by atoms with Crippen LogP contribution in [0.1, 0.15) is 39.2 Å². The van der Waals surface area contributed by atoms with Gasteiger partial charge in [0.1, 0.15) is 5.82 Å². The number of carbonyl (C=O) groups is 2. The molecule has 21 heavy (non-hydrogen) atoms. The summed E-state index contributed by atoms with van der Waals surface area (Å²) in [7, 11) is 0. The molecule has 0 aliphatic rings. The van der Waals surface area contributed by atoms with Crippen molar-refractivity contribution in [1.82, 2.24) is 5.32 Å². The zero-order chi connectivity index (χ0) is 15.4. The fourth-order valence-corrected chi connectivity index (χ4v) is 1.95. The molecule has 1 atom stereocenters. The molecule has 0 radical (unpaired) electrons. The number of rotatable bonds is 4. The lowest BCUT2D eigenvalue weighted by molar-refractivity contribution is 0.0696. The standard InChI is InChI=1S/C16H14FNO3/c1-10(13-4-2-3-5-14(13)17)18-15(19)11-6-8-12(9-7-11)16(20)21/h2-10H,1H3,(H,18,19)(H,20,21). The maximum absolute atomic E-state index is 13.6. The molecule has 108 valence electrons. The number of halogens is 1. The minimum Gasteiger partial charge on any atom is -0.478 e. The van der Waals surface area contributed by atoms with E-state index in [1.54, 1.807) is 25.1 Å². The van der Waals surface area contributed by atoms with Gasteiger partial charge in [-0.25, -0.2) is 9.18 Å². The van der Waals surface area contributed by atoms with Crippen LogP contribution >= 0.6 is 0 Å². The minimum atomic E-state index is -1.05. The van der Waals surface area contributed by atoms with Crippen molar-refractivity contribution in [2.24, 2.45) is 0 Å².